The first-order chi connectivity index (χ1) is 11.1. The first-order valence-corrected chi connectivity index (χ1v) is 6.78. The van der Waals surface area contributed by atoms with Gasteiger partial charge in [-0.1, -0.05) is 0 Å². The number of pyridine rings is 2. The zero-order valence-corrected chi connectivity index (χ0v) is 11.6. The molecule has 0 spiro atoms. The number of furan rings is 1. The summed E-state index contributed by atoms with van der Waals surface area (Å²) < 4.78 is 5.72. The van der Waals surface area contributed by atoms with Gasteiger partial charge in [0.05, 0.1) is 5.56 Å². The molecule has 114 valence electrons. The second kappa shape index (κ2) is 4.80. The Morgan fingerprint density at radius 2 is 1.91 bits per heavy atom. The zero-order valence-electron chi connectivity index (χ0n) is 11.6. The maximum atomic E-state index is 12.0. The molecule has 3 aromatic heterocycles. The molecule has 0 bridgehead atoms. The largest absolute Gasteiger partial charge is 0.506 e. The number of nitrogens with one attached hydrogen (secondary N) is 2. The number of imide groups is 1. The lowest BCUT2D eigenvalue weighted by molar-refractivity contribution is -0.120. The number of aromatic nitrogens is 2. The molecule has 3 N–H and O–H groups in total. The lowest BCUT2D eigenvalue weighted by Gasteiger charge is -2.08. The van der Waals surface area contributed by atoms with Crippen molar-refractivity contribution in [2.75, 3.05) is 0 Å². The van der Waals surface area contributed by atoms with Crippen molar-refractivity contribution in [3.8, 4) is 17.0 Å². The van der Waals surface area contributed by atoms with Crippen LogP contribution in [0.2, 0.25) is 0 Å². The molecular formula is C15H10N4O4. The SMILES string of the molecule is O=C1NC(=O)C(c2oc3cccnc3c2-c2ncccc2O)N1. The van der Waals surface area contributed by atoms with Crippen LogP contribution in [-0.4, -0.2) is 27.0 Å². The summed E-state index contributed by atoms with van der Waals surface area (Å²) in [5, 5.41) is 14.7. The van der Waals surface area contributed by atoms with Crippen LogP contribution in [-0.2, 0) is 4.79 Å². The minimum absolute atomic E-state index is 0.0770. The van der Waals surface area contributed by atoms with Crippen LogP contribution in [0.3, 0.4) is 0 Å². The topological polar surface area (TPSA) is 117 Å². The van der Waals surface area contributed by atoms with E-state index in [1.54, 1.807) is 24.4 Å². The number of carbonyl (C=O) groups is 2. The van der Waals surface area contributed by atoms with Gasteiger partial charge in [-0.2, -0.15) is 0 Å². The summed E-state index contributed by atoms with van der Waals surface area (Å²) in [6.07, 6.45) is 3.08. The number of hydrogen-bond donors (Lipinski definition) is 3. The molecule has 8 heteroatoms. The minimum Gasteiger partial charge on any atom is -0.506 e. The van der Waals surface area contributed by atoms with Crippen molar-refractivity contribution >= 4 is 23.0 Å². The van der Waals surface area contributed by atoms with Gasteiger partial charge in [0, 0.05) is 12.4 Å². The molecule has 1 atom stereocenters. The second-order valence-electron chi connectivity index (χ2n) is 4.96. The Kier molecular flexibility index (Phi) is 2.77. The summed E-state index contributed by atoms with van der Waals surface area (Å²) in [4.78, 5) is 31.8. The maximum absolute atomic E-state index is 12.0. The maximum Gasteiger partial charge on any atom is 0.322 e. The lowest BCUT2D eigenvalue weighted by Crippen LogP contribution is -2.22. The van der Waals surface area contributed by atoms with Crippen LogP contribution in [0.4, 0.5) is 4.79 Å². The summed E-state index contributed by atoms with van der Waals surface area (Å²) in [6.45, 7) is 0. The molecular weight excluding hydrogens is 300 g/mol. The average Bonchev–Trinajstić information content (AvgIpc) is 3.07. The van der Waals surface area contributed by atoms with E-state index in [1.807, 2.05) is 0 Å². The van der Waals surface area contributed by atoms with Crippen LogP contribution in [0.1, 0.15) is 11.8 Å². The van der Waals surface area contributed by atoms with Gasteiger partial charge in [-0.3, -0.25) is 20.1 Å². The fourth-order valence-electron chi connectivity index (χ4n) is 2.57. The Morgan fingerprint density at radius 1 is 1.13 bits per heavy atom. The summed E-state index contributed by atoms with van der Waals surface area (Å²) in [5.41, 5.74) is 1.48. The number of hydrogen-bond acceptors (Lipinski definition) is 6. The molecule has 0 aromatic carbocycles. The Hall–Kier alpha value is -3.42. The zero-order chi connectivity index (χ0) is 16.0. The monoisotopic (exact) mass is 310 g/mol. The molecule has 1 aliphatic heterocycles. The molecule has 1 saturated heterocycles. The van der Waals surface area contributed by atoms with E-state index >= 15 is 0 Å². The molecule has 3 amide bonds. The molecule has 1 aliphatic rings. The molecule has 3 aromatic rings. The van der Waals surface area contributed by atoms with Gasteiger partial charge in [0.15, 0.2) is 11.6 Å². The predicted octanol–water partition coefficient (Wildman–Crippen LogP) is 1.48. The third-order valence-electron chi connectivity index (χ3n) is 3.53. The Labute approximate surface area is 129 Å². The van der Waals surface area contributed by atoms with Crippen LogP contribution in [0.25, 0.3) is 22.4 Å². The lowest BCUT2D eigenvalue weighted by atomic mass is 10.0. The fourth-order valence-corrected chi connectivity index (χ4v) is 2.57. The van der Waals surface area contributed by atoms with Crippen molar-refractivity contribution in [1.29, 1.82) is 0 Å². The number of nitrogens with zero attached hydrogens (tertiary/aromatic N) is 2. The van der Waals surface area contributed by atoms with Crippen molar-refractivity contribution in [2.24, 2.45) is 0 Å². The number of amides is 3. The molecule has 4 heterocycles. The third kappa shape index (κ3) is 2.00. The van der Waals surface area contributed by atoms with Gasteiger partial charge in [-0.25, -0.2) is 4.79 Å². The number of fused-ring (bicyclic) bond motifs is 1. The number of urea groups is 1. The number of aromatic hydroxyl groups is 1. The molecule has 4 rings (SSSR count). The van der Waals surface area contributed by atoms with Crippen molar-refractivity contribution in [3.05, 3.63) is 42.4 Å². The highest BCUT2D eigenvalue weighted by Gasteiger charge is 2.37. The standard InChI is InChI=1S/C15H10N4O4/c20-7-3-1-5-16-10(7)9-11-8(4-2-6-17-11)23-13(9)12-14(21)19-15(22)18-12/h1-6,12,20H,(H2,18,19,21,22). The molecule has 0 saturated carbocycles. The summed E-state index contributed by atoms with van der Waals surface area (Å²) in [5.74, 6) is -0.436. The van der Waals surface area contributed by atoms with Gasteiger partial charge in [0.25, 0.3) is 5.91 Å². The van der Waals surface area contributed by atoms with Gasteiger partial charge in [0.2, 0.25) is 0 Å². The molecule has 1 unspecified atom stereocenters. The normalized spacial score (nSPS) is 17.3. The highest BCUT2D eigenvalue weighted by atomic mass is 16.3. The first-order valence-electron chi connectivity index (χ1n) is 6.78. The van der Waals surface area contributed by atoms with Gasteiger partial charge >= 0.3 is 6.03 Å². The van der Waals surface area contributed by atoms with Crippen LogP contribution in [0, 0.1) is 0 Å². The smallest absolute Gasteiger partial charge is 0.322 e. The van der Waals surface area contributed by atoms with E-state index < -0.39 is 18.0 Å². The molecule has 0 radical (unpaired) electrons. The van der Waals surface area contributed by atoms with E-state index in [4.69, 9.17) is 4.42 Å². The van der Waals surface area contributed by atoms with Crippen LogP contribution in [0.15, 0.2) is 41.1 Å². The first kappa shape index (κ1) is 13.3. The fraction of sp³-hybridized carbons (Fsp3) is 0.0667. The Bertz CT molecular complexity index is 950. The molecule has 8 nitrogen and oxygen atoms in total. The Morgan fingerprint density at radius 3 is 2.65 bits per heavy atom. The predicted molar refractivity (Wildman–Crippen MR) is 78.3 cm³/mol. The van der Waals surface area contributed by atoms with Gasteiger partial charge < -0.3 is 14.8 Å². The summed E-state index contributed by atoms with van der Waals surface area (Å²) >= 11 is 0. The van der Waals surface area contributed by atoms with Gasteiger partial charge in [-0.15, -0.1) is 0 Å². The average molecular weight is 310 g/mol. The van der Waals surface area contributed by atoms with E-state index in [0.717, 1.165) is 0 Å². The number of rotatable bonds is 2. The van der Waals surface area contributed by atoms with Crippen LogP contribution in [0.5, 0.6) is 5.75 Å². The van der Waals surface area contributed by atoms with E-state index in [2.05, 4.69) is 20.6 Å². The van der Waals surface area contributed by atoms with Gasteiger partial charge in [0.1, 0.15) is 22.7 Å². The van der Waals surface area contributed by atoms with Crippen molar-refractivity contribution < 1.29 is 19.1 Å². The number of carbonyl (C=O) groups excluding carboxylic acids is 2. The highest BCUT2D eigenvalue weighted by molar-refractivity contribution is 6.06. The molecule has 23 heavy (non-hydrogen) atoms. The van der Waals surface area contributed by atoms with E-state index in [-0.39, 0.29) is 17.2 Å². The minimum atomic E-state index is -1.01. The van der Waals surface area contributed by atoms with E-state index in [0.29, 0.717) is 16.7 Å². The van der Waals surface area contributed by atoms with Crippen LogP contribution >= 0.6 is 0 Å². The Balaban J connectivity index is 2.01. The summed E-state index contributed by atoms with van der Waals surface area (Å²) in [7, 11) is 0. The second-order valence-corrected chi connectivity index (χ2v) is 4.96. The summed E-state index contributed by atoms with van der Waals surface area (Å²) in [6, 6.07) is 4.81. The van der Waals surface area contributed by atoms with E-state index in [1.165, 1.54) is 12.3 Å². The van der Waals surface area contributed by atoms with Gasteiger partial charge in [-0.05, 0) is 24.3 Å². The molecule has 0 aliphatic carbocycles. The van der Waals surface area contributed by atoms with Crippen molar-refractivity contribution in [2.45, 2.75) is 6.04 Å². The van der Waals surface area contributed by atoms with Crippen molar-refractivity contribution in [1.82, 2.24) is 20.6 Å². The van der Waals surface area contributed by atoms with Crippen molar-refractivity contribution in [3.63, 3.8) is 0 Å². The third-order valence-corrected chi connectivity index (χ3v) is 3.53. The molecule has 1 fully saturated rings. The van der Waals surface area contributed by atoms with E-state index in [9.17, 15) is 14.7 Å². The quantitative estimate of drug-likeness (QED) is 0.617. The van der Waals surface area contributed by atoms with Crippen LogP contribution < -0.4 is 10.6 Å². The highest BCUT2D eigenvalue weighted by Crippen LogP contribution is 2.39.